The smallest absolute Gasteiger partial charge is 0.246 e. The van der Waals surface area contributed by atoms with E-state index in [1.165, 1.54) is 7.11 Å². The number of benzene rings is 1. The lowest BCUT2D eigenvalue weighted by atomic mass is 10.2. The Morgan fingerprint density at radius 3 is 2.82 bits per heavy atom. The average Bonchev–Trinajstić information content (AvgIpc) is 2.55. The van der Waals surface area contributed by atoms with Gasteiger partial charge in [-0.3, -0.25) is 4.79 Å². The van der Waals surface area contributed by atoms with Gasteiger partial charge in [0.1, 0.15) is 6.07 Å². The molecule has 0 saturated carbocycles. The summed E-state index contributed by atoms with van der Waals surface area (Å²) in [6.07, 6.45) is 5.33. The topological polar surface area (TPSA) is 62.6 Å². The molecule has 0 aliphatic heterocycles. The summed E-state index contributed by atoms with van der Waals surface area (Å²) in [5.41, 5.74) is 0.832. The maximum atomic E-state index is 11.9. The number of ether oxygens (including phenoxy) is 2. The average molecular weight is 302 g/mol. The number of amides is 1. The van der Waals surface area contributed by atoms with Crippen LogP contribution < -0.4 is 9.47 Å². The molecule has 1 aromatic carbocycles. The number of nitriles is 1. The van der Waals surface area contributed by atoms with Crippen LogP contribution in [-0.4, -0.2) is 38.1 Å². The fourth-order valence-corrected chi connectivity index (χ4v) is 1.82. The molecule has 5 heteroatoms. The second-order valence-corrected chi connectivity index (χ2v) is 4.80. The van der Waals surface area contributed by atoms with Gasteiger partial charge in [0.15, 0.2) is 18.1 Å². The van der Waals surface area contributed by atoms with Gasteiger partial charge in [0, 0.05) is 19.7 Å². The number of unbranched alkanes of at least 4 members (excludes halogenated alkanes) is 1. The van der Waals surface area contributed by atoms with Gasteiger partial charge in [-0.1, -0.05) is 19.4 Å². The number of methoxy groups -OCH3 is 1. The Morgan fingerprint density at radius 2 is 2.18 bits per heavy atom. The molecule has 0 fully saturated rings. The number of carbonyl (C=O) groups is 1. The van der Waals surface area contributed by atoms with Gasteiger partial charge in [-0.05, 0) is 30.2 Å². The molecule has 0 spiro atoms. The quantitative estimate of drug-likeness (QED) is 0.693. The zero-order valence-electron chi connectivity index (χ0n) is 13.3. The molecule has 0 heterocycles. The first-order valence-electron chi connectivity index (χ1n) is 7.23. The van der Waals surface area contributed by atoms with Crippen LogP contribution in [0.3, 0.4) is 0 Å². The Balaban J connectivity index is 2.75. The first kappa shape index (κ1) is 17.6. The molecule has 0 aromatic heterocycles. The predicted molar refractivity (Wildman–Crippen MR) is 85.7 cm³/mol. The van der Waals surface area contributed by atoms with Crippen LogP contribution in [-0.2, 0) is 4.79 Å². The minimum Gasteiger partial charge on any atom is -0.493 e. The van der Waals surface area contributed by atoms with E-state index in [9.17, 15) is 4.79 Å². The number of likely N-dealkylation sites (N-methyl/N-ethyl adjacent to an activating group) is 1. The molecule has 0 aliphatic rings. The highest BCUT2D eigenvalue weighted by atomic mass is 16.5. The summed E-state index contributed by atoms with van der Waals surface area (Å²) in [6.45, 7) is 2.81. The fourth-order valence-electron chi connectivity index (χ4n) is 1.82. The van der Waals surface area contributed by atoms with E-state index < -0.39 is 0 Å². The molecule has 0 radical (unpaired) electrons. The maximum Gasteiger partial charge on any atom is 0.246 e. The first-order valence-corrected chi connectivity index (χ1v) is 7.23. The van der Waals surface area contributed by atoms with E-state index in [0.29, 0.717) is 11.5 Å². The summed E-state index contributed by atoms with van der Waals surface area (Å²) >= 11 is 0. The number of carbonyl (C=O) groups excluding carboxylic acids is 1. The normalized spacial score (nSPS) is 10.3. The van der Waals surface area contributed by atoms with E-state index in [1.54, 1.807) is 36.2 Å². The van der Waals surface area contributed by atoms with Crippen LogP contribution in [0.25, 0.3) is 6.08 Å². The molecule has 0 N–H and O–H groups in total. The van der Waals surface area contributed by atoms with E-state index in [-0.39, 0.29) is 12.5 Å². The van der Waals surface area contributed by atoms with Crippen molar-refractivity contribution in [1.29, 1.82) is 5.26 Å². The van der Waals surface area contributed by atoms with Gasteiger partial charge >= 0.3 is 0 Å². The molecule has 1 rings (SSSR count). The summed E-state index contributed by atoms with van der Waals surface area (Å²) in [6, 6.07) is 7.21. The van der Waals surface area contributed by atoms with Crippen LogP contribution >= 0.6 is 0 Å². The fraction of sp³-hybridized carbons (Fsp3) is 0.412. The van der Waals surface area contributed by atoms with Crippen LogP contribution in [0.2, 0.25) is 0 Å². The largest absolute Gasteiger partial charge is 0.493 e. The van der Waals surface area contributed by atoms with Gasteiger partial charge in [-0.2, -0.15) is 5.26 Å². The first-order chi connectivity index (χ1) is 10.6. The van der Waals surface area contributed by atoms with Crippen molar-refractivity contribution >= 4 is 12.0 Å². The molecule has 0 bridgehead atoms. The summed E-state index contributed by atoms with van der Waals surface area (Å²) in [5, 5.41) is 8.54. The van der Waals surface area contributed by atoms with Gasteiger partial charge in [-0.15, -0.1) is 0 Å². The Hall–Kier alpha value is -2.48. The van der Waals surface area contributed by atoms with Crippen molar-refractivity contribution in [2.24, 2.45) is 0 Å². The lowest BCUT2D eigenvalue weighted by molar-refractivity contribution is -0.124. The van der Waals surface area contributed by atoms with Crippen LogP contribution in [0.15, 0.2) is 24.3 Å². The molecular formula is C17H22N2O3. The molecule has 1 aromatic rings. The lowest BCUT2D eigenvalue weighted by Gasteiger charge is -2.14. The molecule has 0 unspecified atom stereocenters. The minimum absolute atomic E-state index is 0.0303. The molecule has 118 valence electrons. The van der Waals surface area contributed by atoms with Gasteiger partial charge < -0.3 is 14.4 Å². The van der Waals surface area contributed by atoms with E-state index in [2.05, 4.69) is 6.92 Å². The SMILES string of the molecule is CCCCN(C)C(=O)/C=C/c1ccc(OCC#N)c(OC)c1. The number of hydrogen-bond donors (Lipinski definition) is 0. The molecular weight excluding hydrogens is 280 g/mol. The third-order valence-electron chi connectivity index (χ3n) is 3.12. The van der Waals surface area contributed by atoms with Crippen molar-refractivity contribution in [2.75, 3.05) is 27.3 Å². The highest BCUT2D eigenvalue weighted by Crippen LogP contribution is 2.28. The molecule has 0 aliphatic carbocycles. The standard InChI is InChI=1S/C17H22N2O3/c1-4-5-11-19(2)17(20)9-7-14-6-8-15(22-12-10-18)16(13-14)21-3/h6-9,13H,4-5,11-12H2,1-3H3/b9-7+. The molecule has 0 atom stereocenters. The van der Waals surface area contributed by atoms with Gasteiger partial charge in [0.2, 0.25) is 5.91 Å². The van der Waals surface area contributed by atoms with E-state index in [4.69, 9.17) is 14.7 Å². The summed E-state index contributed by atoms with van der Waals surface area (Å²) in [7, 11) is 3.33. The van der Waals surface area contributed by atoms with Crippen molar-refractivity contribution in [2.45, 2.75) is 19.8 Å². The van der Waals surface area contributed by atoms with E-state index in [1.807, 2.05) is 12.1 Å². The minimum atomic E-state index is -0.0355. The van der Waals surface area contributed by atoms with Gasteiger partial charge in [-0.25, -0.2) is 0 Å². The van der Waals surface area contributed by atoms with Crippen molar-refractivity contribution in [3.63, 3.8) is 0 Å². The zero-order chi connectivity index (χ0) is 16.4. The number of nitrogens with zero attached hydrogens (tertiary/aromatic N) is 2. The van der Waals surface area contributed by atoms with Crippen molar-refractivity contribution in [1.82, 2.24) is 4.90 Å². The lowest BCUT2D eigenvalue weighted by Crippen LogP contribution is -2.25. The predicted octanol–water partition coefficient (Wildman–Crippen LogP) is 2.87. The number of hydrogen-bond acceptors (Lipinski definition) is 4. The van der Waals surface area contributed by atoms with Crippen molar-refractivity contribution in [3.8, 4) is 17.6 Å². The zero-order valence-corrected chi connectivity index (χ0v) is 13.3. The summed E-state index contributed by atoms with van der Waals surface area (Å²) in [4.78, 5) is 13.6. The summed E-state index contributed by atoms with van der Waals surface area (Å²) < 4.78 is 10.5. The highest BCUT2D eigenvalue weighted by Gasteiger charge is 2.06. The number of rotatable bonds is 8. The molecule has 5 nitrogen and oxygen atoms in total. The van der Waals surface area contributed by atoms with Crippen LogP contribution in [0.4, 0.5) is 0 Å². The molecule has 0 saturated heterocycles. The monoisotopic (exact) mass is 302 g/mol. The Labute approximate surface area is 131 Å². The highest BCUT2D eigenvalue weighted by molar-refractivity contribution is 5.91. The van der Waals surface area contributed by atoms with E-state index >= 15 is 0 Å². The second-order valence-electron chi connectivity index (χ2n) is 4.80. The van der Waals surface area contributed by atoms with Gasteiger partial charge in [0.25, 0.3) is 0 Å². The third-order valence-corrected chi connectivity index (χ3v) is 3.12. The van der Waals surface area contributed by atoms with Crippen LogP contribution in [0, 0.1) is 11.3 Å². The third kappa shape index (κ3) is 5.49. The Kier molecular flexibility index (Phi) is 7.55. The summed E-state index contributed by atoms with van der Waals surface area (Å²) in [5.74, 6) is 1.01. The molecule has 1 amide bonds. The Bertz CT molecular complexity index is 562. The van der Waals surface area contributed by atoms with Crippen molar-refractivity contribution in [3.05, 3.63) is 29.8 Å². The van der Waals surface area contributed by atoms with Crippen LogP contribution in [0.1, 0.15) is 25.3 Å². The van der Waals surface area contributed by atoms with E-state index in [0.717, 1.165) is 24.9 Å². The van der Waals surface area contributed by atoms with Crippen molar-refractivity contribution < 1.29 is 14.3 Å². The Morgan fingerprint density at radius 1 is 1.41 bits per heavy atom. The molecule has 22 heavy (non-hydrogen) atoms. The second kappa shape index (κ2) is 9.46. The maximum absolute atomic E-state index is 11.9. The van der Waals surface area contributed by atoms with Gasteiger partial charge in [0.05, 0.1) is 7.11 Å². The van der Waals surface area contributed by atoms with Crippen LogP contribution in [0.5, 0.6) is 11.5 Å².